The van der Waals surface area contributed by atoms with Crippen molar-refractivity contribution >= 4 is 17.5 Å². The molecule has 0 spiro atoms. The second kappa shape index (κ2) is 6.67. The van der Waals surface area contributed by atoms with Crippen molar-refractivity contribution in [2.45, 2.75) is 40.2 Å². The highest BCUT2D eigenvalue weighted by Gasteiger charge is 2.39. The Labute approximate surface area is 146 Å². The van der Waals surface area contributed by atoms with Gasteiger partial charge in [0.25, 0.3) is 0 Å². The molecule has 0 atom stereocenters. The number of fused-ring (bicyclic) bond motifs is 2. The van der Waals surface area contributed by atoms with Crippen LogP contribution >= 0.6 is 0 Å². The highest BCUT2D eigenvalue weighted by molar-refractivity contribution is 6.30. The van der Waals surface area contributed by atoms with Crippen molar-refractivity contribution < 1.29 is 19.1 Å². The highest BCUT2D eigenvalue weighted by atomic mass is 16.5. The summed E-state index contributed by atoms with van der Waals surface area (Å²) in [6.45, 7) is 6.35. The maximum absolute atomic E-state index is 13.1. The summed E-state index contributed by atoms with van der Waals surface area (Å²) in [6, 6.07) is 6.76. The van der Waals surface area contributed by atoms with Crippen LogP contribution in [0.4, 0.5) is 0 Å². The van der Waals surface area contributed by atoms with E-state index in [1.54, 1.807) is 42.7 Å². The third-order valence-corrected chi connectivity index (χ3v) is 4.60. The topological polar surface area (TPSA) is 65.4 Å². The molecule has 0 amide bonds. The second-order valence-electron chi connectivity index (χ2n) is 6.11. The summed E-state index contributed by atoms with van der Waals surface area (Å²) in [5.41, 5.74) is 2.09. The summed E-state index contributed by atoms with van der Waals surface area (Å²) in [4.78, 5) is 38.6. The van der Waals surface area contributed by atoms with Gasteiger partial charge in [0.2, 0.25) is 5.78 Å². The van der Waals surface area contributed by atoms with Crippen LogP contribution in [0.25, 0.3) is 0 Å². The van der Waals surface area contributed by atoms with Gasteiger partial charge in [0.05, 0.1) is 17.7 Å². The van der Waals surface area contributed by atoms with Gasteiger partial charge in [-0.1, -0.05) is 37.6 Å². The first-order valence-electron chi connectivity index (χ1n) is 8.61. The number of benzene rings is 1. The molecular formula is C20H21NO4. The molecule has 2 aromatic rings. The average Bonchev–Trinajstić information content (AvgIpc) is 2.91. The molecule has 0 unspecified atom stereocenters. The normalized spacial score (nSPS) is 12.8. The van der Waals surface area contributed by atoms with E-state index in [0.29, 0.717) is 29.1 Å². The number of ether oxygens (including phenoxy) is 1. The second-order valence-corrected chi connectivity index (χ2v) is 6.11. The molecule has 1 aromatic heterocycles. The first kappa shape index (κ1) is 17.1. The van der Waals surface area contributed by atoms with Gasteiger partial charge in [0, 0.05) is 23.4 Å². The van der Waals surface area contributed by atoms with Gasteiger partial charge in [-0.2, -0.15) is 0 Å². The van der Waals surface area contributed by atoms with E-state index in [-0.39, 0.29) is 29.3 Å². The van der Waals surface area contributed by atoms with Crippen LogP contribution in [-0.4, -0.2) is 28.7 Å². The van der Waals surface area contributed by atoms with Crippen LogP contribution in [0.2, 0.25) is 0 Å². The number of carbonyl (C=O) groups is 3. The van der Waals surface area contributed by atoms with Crippen molar-refractivity contribution in [2.75, 3.05) is 6.61 Å². The Hall–Kier alpha value is -2.69. The molecule has 1 aromatic carbocycles. The first-order valence-corrected chi connectivity index (χ1v) is 8.61. The van der Waals surface area contributed by atoms with Crippen LogP contribution in [0.15, 0.2) is 24.3 Å². The van der Waals surface area contributed by atoms with E-state index in [1.165, 1.54) is 0 Å². The number of rotatable bonds is 5. The van der Waals surface area contributed by atoms with Crippen molar-refractivity contribution in [2.24, 2.45) is 0 Å². The molecule has 0 saturated heterocycles. The van der Waals surface area contributed by atoms with E-state index >= 15 is 0 Å². The Kier molecular flexibility index (Phi) is 4.57. The van der Waals surface area contributed by atoms with Gasteiger partial charge >= 0.3 is 5.97 Å². The summed E-state index contributed by atoms with van der Waals surface area (Å²) in [5, 5.41) is 0. The van der Waals surface area contributed by atoms with Crippen LogP contribution in [0.5, 0.6) is 0 Å². The Morgan fingerprint density at radius 3 is 2.32 bits per heavy atom. The standard InChI is InChI=1S/C20H21NO4/c1-4-6-11-21-12(3)15(20(24)25-5-2)16-17(21)19(23)14-10-8-7-9-13(14)18(16)22/h7-10H,4-6,11H2,1-3H3. The summed E-state index contributed by atoms with van der Waals surface area (Å²) in [6.07, 6.45) is 1.80. The van der Waals surface area contributed by atoms with Crippen molar-refractivity contribution in [3.05, 3.63) is 57.9 Å². The number of aromatic nitrogens is 1. The van der Waals surface area contributed by atoms with Gasteiger partial charge in [-0.3, -0.25) is 9.59 Å². The molecule has 5 nitrogen and oxygen atoms in total. The zero-order chi connectivity index (χ0) is 18.1. The van der Waals surface area contributed by atoms with Crippen LogP contribution < -0.4 is 0 Å². The Bertz CT molecular complexity index is 876. The lowest BCUT2D eigenvalue weighted by molar-refractivity contribution is 0.0522. The molecule has 1 heterocycles. The molecule has 1 aliphatic rings. The summed E-state index contributed by atoms with van der Waals surface area (Å²) < 4.78 is 6.96. The van der Waals surface area contributed by atoms with Crippen LogP contribution in [-0.2, 0) is 11.3 Å². The van der Waals surface area contributed by atoms with Crippen molar-refractivity contribution in [1.29, 1.82) is 0 Å². The Morgan fingerprint density at radius 2 is 1.72 bits per heavy atom. The number of esters is 1. The molecule has 0 saturated carbocycles. The molecule has 3 rings (SSSR count). The highest BCUT2D eigenvalue weighted by Crippen LogP contribution is 2.34. The minimum Gasteiger partial charge on any atom is -0.462 e. The minimum atomic E-state index is -0.549. The minimum absolute atomic E-state index is 0.191. The Morgan fingerprint density at radius 1 is 1.08 bits per heavy atom. The number of hydrogen-bond donors (Lipinski definition) is 0. The molecular weight excluding hydrogens is 318 g/mol. The summed E-state index contributed by atoms with van der Waals surface area (Å²) in [5.74, 6) is -1.04. The molecule has 0 radical (unpaired) electrons. The maximum Gasteiger partial charge on any atom is 0.340 e. The number of ketones is 2. The fraction of sp³-hybridized carbons (Fsp3) is 0.350. The summed E-state index contributed by atoms with van der Waals surface area (Å²) in [7, 11) is 0. The first-order chi connectivity index (χ1) is 12.0. The lowest BCUT2D eigenvalue weighted by Gasteiger charge is -2.17. The van der Waals surface area contributed by atoms with Gasteiger partial charge in [-0.15, -0.1) is 0 Å². The van der Waals surface area contributed by atoms with Crippen molar-refractivity contribution in [3.63, 3.8) is 0 Å². The van der Waals surface area contributed by atoms with Gasteiger partial charge in [-0.25, -0.2) is 4.79 Å². The van der Waals surface area contributed by atoms with E-state index in [2.05, 4.69) is 6.92 Å². The molecule has 1 aliphatic carbocycles. The summed E-state index contributed by atoms with van der Waals surface area (Å²) >= 11 is 0. The fourth-order valence-electron chi connectivity index (χ4n) is 3.38. The number of nitrogens with zero attached hydrogens (tertiary/aromatic N) is 1. The third-order valence-electron chi connectivity index (χ3n) is 4.60. The number of unbranched alkanes of at least 4 members (excludes halogenated alkanes) is 1. The SMILES string of the molecule is CCCCn1c(C)c(C(=O)OCC)c2c1C(=O)c1ccccc1C2=O. The van der Waals surface area contributed by atoms with Crippen molar-refractivity contribution in [3.8, 4) is 0 Å². The van der Waals surface area contributed by atoms with E-state index in [4.69, 9.17) is 4.74 Å². The van der Waals surface area contributed by atoms with Crippen LogP contribution in [0.3, 0.4) is 0 Å². The molecule has 0 fully saturated rings. The van der Waals surface area contributed by atoms with Gasteiger partial charge in [0.15, 0.2) is 5.78 Å². The smallest absolute Gasteiger partial charge is 0.340 e. The largest absolute Gasteiger partial charge is 0.462 e. The van der Waals surface area contributed by atoms with E-state index < -0.39 is 5.97 Å². The van der Waals surface area contributed by atoms with E-state index in [9.17, 15) is 14.4 Å². The number of carbonyl (C=O) groups excluding carboxylic acids is 3. The molecule has 25 heavy (non-hydrogen) atoms. The lowest BCUT2D eigenvalue weighted by Crippen LogP contribution is -2.24. The van der Waals surface area contributed by atoms with Gasteiger partial charge in [0.1, 0.15) is 5.69 Å². The predicted octanol–water partition coefficient (Wildman–Crippen LogP) is 3.55. The average molecular weight is 339 g/mol. The van der Waals surface area contributed by atoms with Crippen molar-refractivity contribution in [1.82, 2.24) is 4.57 Å². The molecule has 0 N–H and O–H groups in total. The lowest BCUT2D eigenvalue weighted by atomic mass is 9.86. The quantitative estimate of drug-likeness (QED) is 0.667. The predicted molar refractivity (Wildman–Crippen MR) is 93.3 cm³/mol. The van der Waals surface area contributed by atoms with Gasteiger partial charge < -0.3 is 9.30 Å². The zero-order valence-electron chi connectivity index (χ0n) is 14.7. The molecule has 130 valence electrons. The van der Waals surface area contributed by atoms with E-state index in [0.717, 1.165) is 12.8 Å². The van der Waals surface area contributed by atoms with Crippen LogP contribution in [0, 0.1) is 6.92 Å². The Balaban J connectivity index is 2.28. The number of hydrogen-bond acceptors (Lipinski definition) is 4. The monoisotopic (exact) mass is 339 g/mol. The maximum atomic E-state index is 13.1. The van der Waals surface area contributed by atoms with Crippen LogP contribution in [0.1, 0.15) is 74.7 Å². The van der Waals surface area contributed by atoms with E-state index in [1.807, 2.05) is 0 Å². The third kappa shape index (κ3) is 2.60. The fourth-order valence-corrected chi connectivity index (χ4v) is 3.38. The van der Waals surface area contributed by atoms with Gasteiger partial charge in [-0.05, 0) is 20.3 Å². The molecule has 0 aliphatic heterocycles. The molecule has 0 bridgehead atoms. The molecule has 5 heteroatoms. The zero-order valence-corrected chi connectivity index (χ0v) is 14.7.